The Morgan fingerprint density at radius 3 is 2.23 bits per heavy atom. The van der Waals surface area contributed by atoms with Crippen LogP contribution in [-0.2, 0) is 9.53 Å². The average molecular weight is 296 g/mol. The number of hydrogen-bond donors (Lipinski definition) is 1. The molecular formula is C19H20O3. The topological polar surface area (TPSA) is 46.5 Å². The molecule has 3 heteroatoms. The van der Waals surface area contributed by atoms with Crippen molar-refractivity contribution in [3.05, 3.63) is 60.2 Å². The third-order valence-corrected chi connectivity index (χ3v) is 2.96. The summed E-state index contributed by atoms with van der Waals surface area (Å²) < 4.78 is 5.25. The highest BCUT2D eigenvalue weighted by Crippen LogP contribution is 2.31. The fourth-order valence-electron chi connectivity index (χ4n) is 2.08. The molecule has 0 aliphatic heterocycles. The Labute approximate surface area is 130 Å². The largest absolute Gasteiger partial charge is 0.507 e. The van der Waals surface area contributed by atoms with Crippen molar-refractivity contribution in [3.8, 4) is 16.9 Å². The quantitative estimate of drug-likeness (QED) is 0.674. The molecular weight excluding hydrogens is 276 g/mol. The first-order valence-corrected chi connectivity index (χ1v) is 7.15. The predicted octanol–water partition coefficient (Wildman–Crippen LogP) is 4.41. The van der Waals surface area contributed by atoms with E-state index >= 15 is 0 Å². The second-order valence-corrected chi connectivity index (χ2v) is 5.97. The number of rotatable bonds is 3. The van der Waals surface area contributed by atoms with Crippen LogP contribution in [0.4, 0.5) is 0 Å². The minimum atomic E-state index is -0.515. The number of ether oxygens (including phenoxy) is 1. The number of aromatic hydroxyl groups is 1. The molecule has 0 unspecified atom stereocenters. The van der Waals surface area contributed by atoms with Gasteiger partial charge in [0.2, 0.25) is 0 Å². The number of esters is 1. The maximum Gasteiger partial charge on any atom is 0.331 e. The molecule has 114 valence electrons. The molecule has 0 spiro atoms. The second-order valence-electron chi connectivity index (χ2n) is 5.97. The Kier molecular flexibility index (Phi) is 4.66. The zero-order valence-electron chi connectivity index (χ0n) is 13.0. The van der Waals surface area contributed by atoms with Gasteiger partial charge in [-0.15, -0.1) is 0 Å². The molecule has 0 heterocycles. The molecule has 0 fully saturated rings. The van der Waals surface area contributed by atoms with Crippen LogP contribution in [0, 0.1) is 0 Å². The van der Waals surface area contributed by atoms with Gasteiger partial charge in [0.1, 0.15) is 11.4 Å². The molecule has 1 N–H and O–H groups in total. The highest BCUT2D eigenvalue weighted by Gasteiger charge is 2.14. The molecule has 0 aromatic heterocycles. The van der Waals surface area contributed by atoms with Gasteiger partial charge in [0.25, 0.3) is 0 Å². The summed E-state index contributed by atoms with van der Waals surface area (Å²) in [6.07, 6.45) is 3.11. The summed E-state index contributed by atoms with van der Waals surface area (Å²) >= 11 is 0. The van der Waals surface area contributed by atoms with Gasteiger partial charge in [0, 0.05) is 11.6 Å². The van der Waals surface area contributed by atoms with E-state index in [0.29, 0.717) is 0 Å². The number of para-hydroxylation sites is 1. The zero-order valence-corrected chi connectivity index (χ0v) is 13.0. The molecule has 0 amide bonds. The number of hydrogen-bond acceptors (Lipinski definition) is 3. The number of carbonyl (C=O) groups excluding carboxylic acids is 1. The minimum absolute atomic E-state index is 0.209. The van der Waals surface area contributed by atoms with Gasteiger partial charge in [-0.05, 0) is 44.0 Å². The van der Waals surface area contributed by atoms with Crippen LogP contribution >= 0.6 is 0 Å². The molecule has 0 atom stereocenters. The van der Waals surface area contributed by atoms with Gasteiger partial charge in [-0.25, -0.2) is 4.79 Å². The van der Waals surface area contributed by atoms with Gasteiger partial charge in [-0.1, -0.05) is 42.5 Å². The number of carbonyl (C=O) groups is 1. The van der Waals surface area contributed by atoms with Crippen LogP contribution in [0.15, 0.2) is 54.6 Å². The highest BCUT2D eigenvalue weighted by molar-refractivity contribution is 5.90. The molecule has 2 aromatic carbocycles. The Balaban J connectivity index is 2.30. The summed E-state index contributed by atoms with van der Waals surface area (Å²) in [5, 5.41) is 10.0. The van der Waals surface area contributed by atoms with Gasteiger partial charge in [0.05, 0.1) is 0 Å². The van der Waals surface area contributed by atoms with Crippen molar-refractivity contribution in [2.75, 3.05) is 0 Å². The fraction of sp³-hybridized carbons (Fsp3) is 0.211. The third kappa shape index (κ3) is 4.22. The molecule has 0 saturated carbocycles. The second kappa shape index (κ2) is 6.48. The fourth-order valence-corrected chi connectivity index (χ4v) is 2.08. The van der Waals surface area contributed by atoms with Crippen LogP contribution in [0.1, 0.15) is 26.3 Å². The van der Waals surface area contributed by atoms with Crippen LogP contribution < -0.4 is 0 Å². The van der Waals surface area contributed by atoms with Crippen molar-refractivity contribution < 1.29 is 14.6 Å². The molecule has 22 heavy (non-hydrogen) atoms. The lowest BCUT2D eigenvalue weighted by Crippen LogP contribution is -2.22. The van der Waals surface area contributed by atoms with Gasteiger partial charge in [-0.2, -0.15) is 0 Å². The van der Waals surface area contributed by atoms with Crippen LogP contribution in [0.2, 0.25) is 0 Å². The predicted molar refractivity (Wildman–Crippen MR) is 88.4 cm³/mol. The van der Waals surface area contributed by atoms with Crippen LogP contribution in [0.5, 0.6) is 5.75 Å². The van der Waals surface area contributed by atoms with E-state index in [-0.39, 0.29) is 11.7 Å². The molecule has 0 aliphatic carbocycles. The normalized spacial score (nSPS) is 11.6. The zero-order chi connectivity index (χ0) is 16.2. The van der Waals surface area contributed by atoms with E-state index in [1.165, 1.54) is 6.08 Å². The maximum atomic E-state index is 11.8. The van der Waals surface area contributed by atoms with Gasteiger partial charge < -0.3 is 9.84 Å². The summed E-state index contributed by atoms with van der Waals surface area (Å²) in [7, 11) is 0. The van der Waals surface area contributed by atoms with Crippen molar-refractivity contribution in [2.24, 2.45) is 0 Å². The van der Waals surface area contributed by atoms with E-state index in [1.54, 1.807) is 18.2 Å². The summed E-state index contributed by atoms with van der Waals surface area (Å²) in [6, 6.07) is 14.7. The average Bonchev–Trinajstić information content (AvgIpc) is 2.44. The van der Waals surface area contributed by atoms with Crippen LogP contribution in [-0.4, -0.2) is 16.7 Å². The minimum Gasteiger partial charge on any atom is -0.507 e. The first kappa shape index (κ1) is 15.8. The van der Waals surface area contributed by atoms with E-state index < -0.39 is 5.60 Å². The Morgan fingerprint density at radius 1 is 1.00 bits per heavy atom. The van der Waals surface area contributed by atoms with E-state index in [0.717, 1.165) is 16.7 Å². The monoisotopic (exact) mass is 296 g/mol. The van der Waals surface area contributed by atoms with Gasteiger partial charge in [0.15, 0.2) is 0 Å². The van der Waals surface area contributed by atoms with Crippen molar-refractivity contribution in [3.63, 3.8) is 0 Å². The number of phenols is 1. The summed E-state index contributed by atoms with van der Waals surface area (Å²) in [5.74, 6) is -0.180. The van der Waals surface area contributed by atoms with Crippen LogP contribution in [0.3, 0.4) is 0 Å². The summed E-state index contributed by atoms with van der Waals surface area (Å²) in [4.78, 5) is 11.8. The molecule has 0 saturated heterocycles. The first-order valence-electron chi connectivity index (χ1n) is 7.15. The van der Waals surface area contributed by atoms with Gasteiger partial charge in [-0.3, -0.25) is 0 Å². The smallest absolute Gasteiger partial charge is 0.331 e. The van der Waals surface area contributed by atoms with E-state index in [1.807, 2.05) is 57.2 Å². The standard InChI is InChI=1S/C19H20O3/c1-19(2,3)22-18(21)13-12-14-8-4-5-9-15(14)16-10-6-7-11-17(16)20/h4-13,20H,1-3H3/b13-12+. The SMILES string of the molecule is CC(C)(C)OC(=O)/C=C/c1ccccc1-c1ccccc1O. The summed E-state index contributed by atoms with van der Waals surface area (Å²) in [6.45, 7) is 5.48. The van der Waals surface area contributed by atoms with Crippen molar-refractivity contribution in [1.29, 1.82) is 0 Å². The first-order chi connectivity index (χ1) is 10.4. The van der Waals surface area contributed by atoms with Crippen molar-refractivity contribution in [1.82, 2.24) is 0 Å². The van der Waals surface area contributed by atoms with Crippen molar-refractivity contribution >= 4 is 12.0 Å². The molecule has 0 bridgehead atoms. The third-order valence-electron chi connectivity index (χ3n) is 2.96. The lowest BCUT2D eigenvalue weighted by atomic mass is 9.98. The van der Waals surface area contributed by atoms with Crippen LogP contribution in [0.25, 0.3) is 17.2 Å². The van der Waals surface area contributed by atoms with Crippen molar-refractivity contribution in [2.45, 2.75) is 26.4 Å². The lowest BCUT2D eigenvalue weighted by Gasteiger charge is -2.18. The van der Waals surface area contributed by atoms with E-state index in [2.05, 4.69) is 0 Å². The highest BCUT2D eigenvalue weighted by atomic mass is 16.6. The van der Waals surface area contributed by atoms with Gasteiger partial charge >= 0.3 is 5.97 Å². The summed E-state index contributed by atoms with van der Waals surface area (Å²) in [5.41, 5.74) is 1.92. The Morgan fingerprint density at radius 2 is 1.59 bits per heavy atom. The molecule has 2 rings (SSSR count). The number of phenolic OH excluding ortho intramolecular Hbond substituents is 1. The lowest BCUT2D eigenvalue weighted by molar-refractivity contribution is -0.148. The molecule has 2 aromatic rings. The number of benzene rings is 2. The molecule has 3 nitrogen and oxygen atoms in total. The molecule has 0 radical (unpaired) electrons. The van der Waals surface area contributed by atoms with E-state index in [9.17, 15) is 9.90 Å². The van der Waals surface area contributed by atoms with E-state index in [4.69, 9.17) is 4.74 Å². The molecule has 0 aliphatic rings. The Hall–Kier alpha value is -2.55. The maximum absolute atomic E-state index is 11.8. The Bertz CT molecular complexity index is 694.